The average molecular weight is 728 g/mol. The Kier molecular flexibility index (Phi) is 6.07. The number of aromatic nitrogens is 5. The van der Waals surface area contributed by atoms with Crippen molar-refractivity contribution in [3.63, 3.8) is 0 Å². The van der Waals surface area contributed by atoms with Gasteiger partial charge in [0.1, 0.15) is 5.58 Å². The van der Waals surface area contributed by atoms with Gasteiger partial charge in [-0.3, -0.25) is 0 Å². The molecule has 13 aromatic rings. The minimum Gasteiger partial charge on any atom is -0.454 e. The Balaban J connectivity index is 1.19. The Bertz CT molecular complexity index is 3640. The van der Waals surface area contributed by atoms with E-state index in [1.165, 1.54) is 38.0 Å². The van der Waals surface area contributed by atoms with Crippen molar-refractivity contribution >= 4 is 81.8 Å². The Morgan fingerprint density at radius 2 is 0.912 bits per heavy atom. The number of hydrogen-bond acceptors (Lipinski definition) is 4. The Hall–Kier alpha value is -7.83. The van der Waals surface area contributed by atoms with Gasteiger partial charge in [0.05, 0.1) is 33.3 Å². The molecule has 6 nitrogen and oxygen atoms in total. The quantitative estimate of drug-likeness (QED) is 0.181. The molecule has 0 aliphatic carbocycles. The third kappa shape index (κ3) is 4.21. The van der Waals surface area contributed by atoms with E-state index < -0.39 is 0 Å². The van der Waals surface area contributed by atoms with Crippen LogP contribution in [0.3, 0.4) is 0 Å². The van der Waals surface area contributed by atoms with Crippen LogP contribution in [0.5, 0.6) is 0 Å². The van der Waals surface area contributed by atoms with E-state index in [1.807, 2.05) is 60.7 Å². The topological polar surface area (TPSA) is 61.2 Å². The first-order valence-electron chi connectivity index (χ1n) is 19.2. The van der Waals surface area contributed by atoms with E-state index in [0.29, 0.717) is 17.5 Å². The Morgan fingerprint density at radius 3 is 1.56 bits per heavy atom. The third-order valence-electron chi connectivity index (χ3n) is 11.7. The largest absolute Gasteiger partial charge is 0.454 e. The van der Waals surface area contributed by atoms with Crippen LogP contribution in [-0.4, -0.2) is 23.9 Å². The summed E-state index contributed by atoms with van der Waals surface area (Å²) < 4.78 is 11.9. The van der Waals surface area contributed by atoms with Crippen molar-refractivity contribution in [2.75, 3.05) is 0 Å². The first-order valence-corrected chi connectivity index (χ1v) is 19.2. The lowest BCUT2D eigenvalue weighted by atomic mass is 10.0. The molecule has 0 N–H and O–H groups in total. The molecule has 5 aromatic heterocycles. The van der Waals surface area contributed by atoms with Gasteiger partial charge in [-0.25, -0.2) is 15.0 Å². The van der Waals surface area contributed by atoms with E-state index in [0.717, 1.165) is 66.3 Å². The maximum Gasteiger partial charge on any atom is 0.164 e. The highest BCUT2D eigenvalue weighted by Gasteiger charge is 2.25. The second-order valence-electron chi connectivity index (χ2n) is 14.8. The number of benzene rings is 8. The molecule has 0 saturated heterocycles. The van der Waals surface area contributed by atoms with Crippen molar-refractivity contribution < 1.29 is 4.42 Å². The van der Waals surface area contributed by atoms with Crippen LogP contribution in [0.4, 0.5) is 0 Å². The minimum absolute atomic E-state index is 0.585. The highest BCUT2D eigenvalue weighted by atomic mass is 16.3. The molecule has 5 heterocycles. The zero-order chi connectivity index (χ0) is 37.2. The molecule has 0 aliphatic rings. The lowest BCUT2D eigenvalue weighted by Crippen LogP contribution is -2.01. The SMILES string of the molecule is c1ccc(-c2nc(-c3ccccc3)nc(-c3ccc(-n4c5ccccc5c5ccccc54)c4oc5cc6c7cccc8c9ccccc9n(c6cc5c34)c87)n2)cc1. The van der Waals surface area contributed by atoms with Gasteiger partial charge in [0, 0.05) is 59.8 Å². The number of nitrogens with zero attached hydrogens (tertiary/aromatic N) is 5. The zero-order valence-electron chi connectivity index (χ0n) is 30.4. The molecule has 0 saturated carbocycles. The Morgan fingerprint density at radius 1 is 0.386 bits per heavy atom. The molecule has 13 rings (SSSR count). The van der Waals surface area contributed by atoms with Crippen molar-refractivity contribution in [1.82, 2.24) is 23.9 Å². The summed E-state index contributed by atoms with van der Waals surface area (Å²) in [6.07, 6.45) is 0. The molecular formula is C51H29N5O. The molecule has 8 aromatic carbocycles. The van der Waals surface area contributed by atoms with Gasteiger partial charge in [-0.1, -0.05) is 133 Å². The van der Waals surface area contributed by atoms with Crippen molar-refractivity contribution in [2.45, 2.75) is 0 Å². The lowest BCUT2D eigenvalue weighted by molar-refractivity contribution is 0.667. The van der Waals surface area contributed by atoms with Crippen LogP contribution in [0.25, 0.3) is 122 Å². The molecule has 0 aliphatic heterocycles. The van der Waals surface area contributed by atoms with Crippen LogP contribution < -0.4 is 0 Å². The molecule has 264 valence electrons. The van der Waals surface area contributed by atoms with Crippen LogP contribution >= 0.6 is 0 Å². The van der Waals surface area contributed by atoms with Crippen LogP contribution in [0.2, 0.25) is 0 Å². The average Bonchev–Trinajstić information content (AvgIpc) is 4.02. The third-order valence-corrected chi connectivity index (χ3v) is 11.7. The minimum atomic E-state index is 0.585. The smallest absolute Gasteiger partial charge is 0.164 e. The fourth-order valence-electron chi connectivity index (χ4n) is 9.26. The summed E-state index contributed by atoms with van der Waals surface area (Å²) in [6, 6.07) is 61.7. The molecule has 0 radical (unpaired) electrons. The van der Waals surface area contributed by atoms with Gasteiger partial charge in [0.2, 0.25) is 0 Å². The predicted octanol–water partition coefficient (Wildman–Crippen LogP) is 13.0. The highest BCUT2D eigenvalue weighted by Crippen LogP contribution is 2.46. The molecule has 0 unspecified atom stereocenters. The first-order chi connectivity index (χ1) is 28.3. The summed E-state index contributed by atoms with van der Waals surface area (Å²) in [4.78, 5) is 15.5. The summed E-state index contributed by atoms with van der Waals surface area (Å²) >= 11 is 0. The molecule has 57 heavy (non-hydrogen) atoms. The van der Waals surface area contributed by atoms with Crippen molar-refractivity contribution in [3.8, 4) is 39.9 Å². The van der Waals surface area contributed by atoms with E-state index in [2.05, 4.69) is 124 Å². The van der Waals surface area contributed by atoms with Gasteiger partial charge >= 0.3 is 0 Å². The highest BCUT2D eigenvalue weighted by molar-refractivity contribution is 6.26. The fourth-order valence-corrected chi connectivity index (χ4v) is 9.26. The molecule has 0 amide bonds. The second-order valence-corrected chi connectivity index (χ2v) is 14.8. The van der Waals surface area contributed by atoms with E-state index in [1.54, 1.807) is 0 Å². The standard InChI is InChI=1S/C51H29N5O/c1-3-14-30(15-4-1)49-52-50(31-16-5-2-6-17-31)54-51(53-49)37-26-27-43(55-40-23-10-7-18-32(40)33-19-8-11-24-41(33)55)48-46(37)39-28-44-38(29-45(39)57-48)36-22-13-21-35-34-20-9-12-25-42(34)56(44)47(35)36/h1-29H. The number of rotatable bonds is 4. The molecule has 6 heteroatoms. The molecule has 0 atom stereocenters. The molecule has 0 fully saturated rings. The van der Waals surface area contributed by atoms with E-state index >= 15 is 0 Å². The normalized spacial score (nSPS) is 12.2. The second kappa shape index (κ2) is 11.4. The van der Waals surface area contributed by atoms with Gasteiger partial charge in [-0.15, -0.1) is 0 Å². The van der Waals surface area contributed by atoms with Gasteiger partial charge < -0.3 is 13.4 Å². The summed E-state index contributed by atoms with van der Waals surface area (Å²) in [5.74, 6) is 1.82. The van der Waals surface area contributed by atoms with Crippen LogP contribution in [0.15, 0.2) is 180 Å². The van der Waals surface area contributed by atoms with Crippen LogP contribution in [0.1, 0.15) is 0 Å². The number of para-hydroxylation sites is 4. The summed E-state index contributed by atoms with van der Waals surface area (Å²) in [7, 11) is 0. The summed E-state index contributed by atoms with van der Waals surface area (Å²) in [6.45, 7) is 0. The van der Waals surface area contributed by atoms with Gasteiger partial charge in [-0.05, 0) is 42.5 Å². The summed E-state index contributed by atoms with van der Waals surface area (Å²) in [5, 5.41) is 9.21. The number of fused-ring (bicyclic) bond motifs is 12. The summed E-state index contributed by atoms with van der Waals surface area (Å²) in [5.41, 5.74) is 11.1. The maximum atomic E-state index is 7.18. The van der Waals surface area contributed by atoms with Gasteiger partial charge in [0.25, 0.3) is 0 Å². The zero-order valence-corrected chi connectivity index (χ0v) is 30.4. The Labute approximate surface area is 324 Å². The number of hydrogen-bond donors (Lipinski definition) is 0. The van der Waals surface area contributed by atoms with Gasteiger partial charge in [0.15, 0.2) is 23.1 Å². The van der Waals surface area contributed by atoms with E-state index in [9.17, 15) is 0 Å². The monoisotopic (exact) mass is 727 g/mol. The fraction of sp³-hybridized carbons (Fsp3) is 0. The van der Waals surface area contributed by atoms with Crippen molar-refractivity contribution in [2.24, 2.45) is 0 Å². The number of furan rings is 1. The maximum absolute atomic E-state index is 7.18. The lowest BCUT2D eigenvalue weighted by Gasteiger charge is -2.12. The van der Waals surface area contributed by atoms with Crippen LogP contribution in [-0.2, 0) is 0 Å². The van der Waals surface area contributed by atoms with Crippen molar-refractivity contribution in [1.29, 1.82) is 0 Å². The van der Waals surface area contributed by atoms with Crippen molar-refractivity contribution in [3.05, 3.63) is 176 Å². The van der Waals surface area contributed by atoms with Crippen LogP contribution in [0, 0.1) is 0 Å². The molecule has 0 bridgehead atoms. The molecular weight excluding hydrogens is 699 g/mol. The van der Waals surface area contributed by atoms with Gasteiger partial charge in [-0.2, -0.15) is 0 Å². The van der Waals surface area contributed by atoms with E-state index in [4.69, 9.17) is 19.4 Å². The predicted molar refractivity (Wildman–Crippen MR) is 232 cm³/mol. The van der Waals surface area contributed by atoms with E-state index in [-0.39, 0.29) is 0 Å². The first kappa shape index (κ1) is 30.5. The molecule has 0 spiro atoms.